The topological polar surface area (TPSA) is 55.6 Å². The van der Waals surface area contributed by atoms with Crippen molar-refractivity contribution in [2.24, 2.45) is 5.73 Å². The normalized spacial score (nSPS) is 12.5. The molecular formula is C12H17BrN2O2. The van der Waals surface area contributed by atoms with Crippen LogP contribution >= 0.6 is 15.9 Å². The third-order valence-electron chi connectivity index (χ3n) is 2.57. The van der Waals surface area contributed by atoms with Crippen LogP contribution in [0.1, 0.15) is 5.56 Å². The lowest BCUT2D eigenvalue weighted by atomic mass is 10.2. The smallest absolute Gasteiger partial charge is 0.324 e. The quantitative estimate of drug-likeness (QED) is 0.835. The second kappa shape index (κ2) is 6.74. The van der Waals surface area contributed by atoms with Gasteiger partial charge >= 0.3 is 5.97 Å². The number of rotatable bonds is 5. The fourth-order valence-electron chi connectivity index (χ4n) is 1.58. The van der Waals surface area contributed by atoms with Crippen LogP contribution in [0.3, 0.4) is 0 Å². The zero-order chi connectivity index (χ0) is 12.8. The Hall–Kier alpha value is -0.910. The molecule has 2 N–H and O–H groups in total. The fraction of sp³-hybridized carbons (Fsp3) is 0.417. The molecule has 0 saturated heterocycles. The summed E-state index contributed by atoms with van der Waals surface area (Å²) in [4.78, 5) is 13.4. The summed E-state index contributed by atoms with van der Waals surface area (Å²) in [5, 5.41) is 0. The number of benzene rings is 1. The molecule has 94 valence electrons. The van der Waals surface area contributed by atoms with Crippen LogP contribution in [0.4, 0.5) is 0 Å². The summed E-state index contributed by atoms with van der Waals surface area (Å²) < 4.78 is 5.75. The van der Waals surface area contributed by atoms with Crippen molar-refractivity contribution in [1.29, 1.82) is 0 Å². The van der Waals surface area contributed by atoms with Gasteiger partial charge in [-0.1, -0.05) is 28.1 Å². The second-order valence-electron chi connectivity index (χ2n) is 3.82. The van der Waals surface area contributed by atoms with Crippen LogP contribution in [0.15, 0.2) is 28.7 Å². The maximum Gasteiger partial charge on any atom is 0.324 e. The molecule has 0 aliphatic carbocycles. The van der Waals surface area contributed by atoms with Crippen molar-refractivity contribution >= 4 is 21.9 Å². The third kappa shape index (κ3) is 4.11. The average molecular weight is 301 g/mol. The predicted octanol–water partition coefficient (Wildman–Crippen LogP) is 1.38. The Morgan fingerprint density at radius 3 is 2.53 bits per heavy atom. The molecule has 0 aliphatic rings. The van der Waals surface area contributed by atoms with E-state index in [0.717, 1.165) is 10.0 Å². The minimum Gasteiger partial charge on any atom is -0.468 e. The maximum absolute atomic E-state index is 11.5. The van der Waals surface area contributed by atoms with Crippen molar-refractivity contribution < 1.29 is 9.53 Å². The number of methoxy groups -OCH3 is 1. The average Bonchev–Trinajstić information content (AvgIpc) is 2.32. The molecule has 5 heteroatoms. The summed E-state index contributed by atoms with van der Waals surface area (Å²) in [6.07, 6.45) is 0. The summed E-state index contributed by atoms with van der Waals surface area (Å²) in [5.74, 6) is -0.299. The number of nitrogens with zero attached hydrogens (tertiary/aromatic N) is 1. The first-order chi connectivity index (χ1) is 8.08. The molecule has 0 heterocycles. The van der Waals surface area contributed by atoms with E-state index in [1.807, 2.05) is 36.2 Å². The van der Waals surface area contributed by atoms with Gasteiger partial charge in [0.15, 0.2) is 0 Å². The number of carbonyl (C=O) groups excluding carboxylic acids is 1. The minimum absolute atomic E-state index is 0.250. The summed E-state index contributed by atoms with van der Waals surface area (Å²) in [6, 6.07) is 7.55. The molecule has 0 spiro atoms. The number of ether oxygens (including phenoxy) is 1. The van der Waals surface area contributed by atoms with Crippen LogP contribution in [-0.4, -0.2) is 37.6 Å². The molecule has 1 rings (SSSR count). The number of hydrogen-bond donors (Lipinski definition) is 1. The number of esters is 1. The van der Waals surface area contributed by atoms with E-state index < -0.39 is 6.04 Å². The monoisotopic (exact) mass is 300 g/mol. The Labute approximate surface area is 110 Å². The van der Waals surface area contributed by atoms with Crippen LogP contribution in [0.2, 0.25) is 0 Å². The molecule has 1 atom stereocenters. The molecule has 4 nitrogen and oxygen atoms in total. The zero-order valence-corrected chi connectivity index (χ0v) is 11.6. The van der Waals surface area contributed by atoms with Crippen molar-refractivity contribution in [3.63, 3.8) is 0 Å². The highest BCUT2D eigenvalue weighted by atomic mass is 79.9. The maximum atomic E-state index is 11.5. The Morgan fingerprint density at radius 2 is 2.06 bits per heavy atom. The number of hydrogen-bond acceptors (Lipinski definition) is 4. The number of halogens is 1. The van der Waals surface area contributed by atoms with Crippen molar-refractivity contribution in [2.75, 3.05) is 20.7 Å². The minimum atomic E-state index is -0.399. The Kier molecular flexibility index (Phi) is 5.61. The first-order valence-electron chi connectivity index (χ1n) is 5.31. The Bertz CT molecular complexity index is 367. The lowest BCUT2D eigenvalue weighted by Crippen LogP contribution is -2.44. The van der Waals surface area contributed by atoms with Crippen LogP contribution in [0.25, 0.3) is 0 Å². The van der Waals surface area contributed by atoms with E-state index in [4.69, 9.17) is 10.5 Å². The fourth-order valence-corrected chi connectivity index (χ4v) is 1.84. The van der Waals surface area contributed by atoms with E-state index in [1.165, 1.54) is 7.11 Å². The van der Waals surface area contributed by atoms with E-state index in [-0.39, 0.29) is 12.5 Å². The highest BCUT2D eigenvalue weighted by Gasteiger charge is 2.22. The molecule has 0 bridgehead atoms. The molecule has 1 aromatic carbocycles. The molecular weight excluding hydrogens is 284 g/mol. The van der Waals surface area contributed by atoms with Gasteiger partial charge in [-0.3, -0.25) is 9.69 Å². The van der Waals surface area contributed by atoms with E-state index in [9.17, 15) is 4.79 Å². The van der Waals surface area contributed by atoms with Gasteiger partial charge < -0.3 is 10.5 Å². The molecule has 1 unspecified atom stereocenters. The predicted molar refractivity (Wildman–Crippen MR) is 70.5 cm³/mol. The van der Waals surface area contributed by atoms with Gasteiger partial charge in [0, 0.05) is 17.6 Å². The SMILES string of the molecule is COC(=O)C(CN)N(C)Cc1ccc(Br)cc1. The first-order valence-corrected chi connectivity index (χ1v) is 6.10. The number of carbonyl (C=O) groups is 1. The third-order valence-corrected chi connectivity index (χ3v) is 3.10. The van der Waals surface area contributed by atoms with Gasteiger partial charge in [-0.05, 0) is 24.7 Å². The van der Waals surface area contributed by atoms with Gasteiger partial charge in [-0.15, -0.1) is 0 Å². The lowest BCUT2D eigenvalue weighted by molar-refractivity contribution is -0.146. The van der Waals surface area contributed by atoms with Crippen LogP contribution in [0.5, 0.6) is 0 Å². The first kappa shape index (κ1) is 14.2. The van der Waals surface area contributed by atoms with Crippen LogP contribution < -0.4 is 5.73 Å². The molecule has 0 aliphatic heterocycles. The van der Waals surface area contributed by atoms with Gasteiger partial charge in [0.1, 0.15) is 6.04 Å². The highest BCUT2D eigenvalue weighted by Crippen LogP contribution is 2.12. The largest absolute Gasteiger partial charge is 0.468 e. The summed E-state index contributed by atoms with van der Waals surface area (Å²) in [6.45, 7) is 0.907. The van der Waals surface area contributed by atoms with E-state index in [2.05, 4.69) is 15.9 Å². The molecule has 0 aromatic heterocycles. The Morgan fingerprint density at radius 1 is 1.47 bits per heavy atom. The van der Waals surface area contributed by atoms with Gasteiger partial charge in [0.2, 0.25) is 0 Å². The lowest BCUT2D eigenvalue weighted by Gasteiger charge is -2.24. The van der Waals surface area contributed by atoms with Gasteiger partial charge in [-0.2, -0.15) is 0 Å². The molecule has 17 heavy (non-hydrogen) atoms. The summed E-state index contributed by atoms with van der Waals surface area (Å²) in [7, 11) is 3.23. The molecule has 0 amide bonds. The summed E-state index contributed by atoms with van der Waals surface area (Å²) in [5.41, 5.74) is 6.70. The van der Waals surface area contributed by atoms with Gasteiger partial charge in [0.05, 0.1) is 7.11 Å². The van der Waals surface area contributed by atoms with Crippen molar-refractivity contribution in [3.8, 4) is 0 Å². The van der Waals surface area contributed by atoms with Crippen molar-refractivity contribution in [2.45, 2.75) is 12.6 Å². The second-order valence-corrected chi connectivity index (χ2v) is 4.73. The van der Waals surface area contributed by atoms with Crippen molar-refractivity contribution in [3.05, 3.63) is 34.3 Å². The number of nitrogens with two attached hydrogens (primary N) is 1. The van der Waals surface area contributed by atoms with Gasteiger partial charge in [-0.25, -0.2) is 0 Å². The molecule has 0 saturated carbocycles. The van der Waals surface area contributed by atoms with Crippen LogP contribution in [0, 0.1) is 0 Å². The molecule has 0 fully saturated rings. The van der Waals surface area contributed by atoms with E-state index in [0.29, 0.717) is 6.54 Å². The molecule has 1 aromatic rings. The molecule has 0 radical (unpaired) electrons. The van der Waals surface area contributed by atoms with E-state index in [1.54, 1.807) is 0 Å². The highest BCUT2D eigenvalue weighted by molar-refractivity contribution is 9.10. The van der Waals surface area contributed by atoms with Gasteiger partial charge in [0.25, 0.3) is 0 Å². The summed E-state index contributed by atoms with van der Waals surface area (Å²) >= 11 is 3.38. The van der Waals surface area contributed by atoms with Crippen molar-refractivity contribution in [1.82, 2.24) is 4.90 Å². The standard InChI is InChI=1S/C12H17BrN2O2/c1-15(11(7-14)12(16)17-2)8-9-3-5-10(13)6-4-9/h3-6,11H,7-8,14H2,1-2H3. The van der Waals surface area contributed by atoms with Crippen LogP contribution in [-0.2, 0) is 16.1 Å². The van der Waals surface area contributed by atoms with E-state index >= 15 is 0 Å². The zero-order valence-electron chi connectivity index (χ0n) is 10.0. The Balaban J connectivity index is 2.66. The number of likely N-dealkylation sites (N-methyl/N-ethyl adjacent to an activating group) is 1.